The summed E-state index contributed by atoms with van der Waals surface area (Å²) in [7, 11) is 0. The Morgan fingerprint density at radius 1 is 1.38 bits per heavy atom. The number of ether oxygens (including phenoxy) is 2. The standard InChI is InChI=1S/C5H9FO2/c1-4-7-2-5(6)3-8-4/h4-5H,2-3H2,1H3. The van der Waals surface area contributed by atoms with Gasteiger partial charge in [-0.2, -0.15) is 0 Å². The maximum absolute atomic E-state index is 12.1. The van der Waals surface area contributed by atoms with Crippen molar-refractivity contribution >= 4 is 0 Å². The number of hydrogen-bond acceptors (Lipinski definition) is 2. The van der Waals surface area contributed by atoms with Gasteiger partial charge in [0, 0.05) is 0 Å². The molecule has 0 aromatic rings. The van der Waals surface area contributed by atoms with Crippen molar-refractivity contribution in [3.63, 3.8) is 0 Å². The average molecular weight is 120 g/mol. The van der Waals surface area contributed by atoms with E-state index in [9.17, 15) is 4.39 Å². The zero-order chi connectivity index (χ0) is 5.98. The molecule has 1 aliphatic rings. The maximum atomic E-state index is 12.1. The fourth-order valence-electron chi connectivity index (χ4n) is 0.576. The molecule has 1 heterocycles. The summed E-state index contributed by atoms with van der Waals surface area (Å²) in [5, 5.41) is 0. The quantitative estimate of drug-likeness (QED) is 0.469. The maximum Gasteiger partial charge on any atom is 0.155 e. The van der Waals surface area contributed by atoms with Gasteiger partial charge in [-0.15, -0.1) is 0 Å². The lowest BCUT2D eigenvalue weighted by Crippen LogP contribution is -2.30. The zero-order valence-corrected chi connectivity index (χ0v) is 4.76. The minimum Gasteiger partial charge on any atom is -0.350 e. The van der Waals surface area contributed by atoms with Crippen LogP contribution in [-0.4, -0.2) is 25.7 Å². The molecule has 0 aromatic carbocycles. The van der Waals surface area contributed by atoms with E-state index in [0.29, 0.717) is 0 Å². The Morgan fingerprint density at radius 2 is 1.88 bits per heavy atom. The first-order valence-corrected chi connectivity index (χ1v) is 2.66. The summed E-state index contributed by atoms with van der Waals surface area (Å²) in [6.07, 6.45) is -1.15. The van der Waals surface area contributed by atoms with Gasteiger partial charge in [0.05, 0.1) is 13.2 Å². The van der Waals surface area contributed by atoms with E-state index in [-0.39, 0.29) is 19.5 Å². The predicted molar refractivity (Wildman–Crippen MR) is 26.3 cm³/mol. The van der Waals surface area contributed by atoms with E-state index in [2.05, 4.69) is 0 Å². The molecule has 0 amide bonds. The molecule has 0 spiro atoms. The van der Waals surface area contributed by atoms with E-state index in [1.807, 2.05) is 0 Å². The van der Waals surface area contributed by atoms with Gasteiger partial charge in [0.2, 0.25) is 0 Å². The van der Waals surface area contributed by atoms with Crippen LogP contribution in [0.1, 0.15) is 6.92 Å². The molecular formula is C5H9FO2. The Labute approximate surface area is 47.6 Å². The summed E-state index contributed by atoms with van der Waals surface area (Å²) >= 11 is 0. The highest BCUT2D eigenvalue weighted by atomic mass is 19.1. The molecule has 0 saturated carbocycles. The third-order valence-corrected chi connectivity index (χ3v) is 1.02. The average Bonchev–Trinajstić information content (AvgIpc) is 1.77. The lowest BCUT2D eigenvalue weighted by molar-refractivity contribution is -0.192. The number of alkyl halides is 1. The summed E-state index contributed by atoms with van der Waals surface area (Å²) < 4.78 is 21.7. The highest BCUT2D eigenvalue weighted by Gasteiger charge is 2.16. The SMILES string of the molecule is CC1OCC(F)CO1. The summed E-state index contributed by atoms with van der Waals surface area (Å²) in [4.78, 5) is 0. The van der Waals surface area contributed by atoms with Gasteiger partial charge in [0.15, 0.2) is 6.29 Å². The van der Waals surface area contributed by atoms with Crippen molar-refractivity contribution in [2.45, 2.75) is 19.4 Å². The van der Waals surface area contributed by atoms with Crippen molar-refractivity contribution in [2.24, 2.45) is 0 Å². The Morgan fingerprint density at radius 3 is 2.25 bits per heavy atom. The van der Waals surface area contributed by atoms with Crippen molar-refractivity contribution in [3.05, 3.63) is 0 Å². The van der Waals surface area contributed by atoms with E-state index in [0.717, 1.165) is 0 Å². The highest BCUT2D eigenvalue weighted by molar-refractivity contribution is 4.56. The lowest BCUT2D eigenvalue weighted by atomic mass is 10.4. The van der Waals surface area contributed by atoms with Crippen LogP contribution in [0.5, 0.6) is 0 Å². The van der Waals surface area contributed by atoms with E-state index < -0.39 is 6.17 Å². The van der Waals surface area contributed by atoms with Crippen molar-refractivity contribution in [1.82, 2.24) is 0 Å². The summed E-state index contributed by atoms with van der Waals surface area (Å²) in [5.41, 5.74) is 0. The second kappa shape index (κ2) is 2.42. The Balaban J connectivity index is 2.19. The molecule has 1 saturated heterocycles. The first kappa shape index (κ1) is 5.98. The van der Waals surface area contributed by atoms with Crippen LogP contribution in [0, 0.1) is 0 Å². The molecule has 0 radical (unpaired) electrons. The van der Waals surface area contributed by atoms with Crippen LogP contribution in [0.4, 0.5) is 4.39 Å². The number of rotatable bonds is 0. The fourth-order valence-corrected chi connectivity index (χ4v) is 0.576. The van der Waals surface area contributed by atoms with Crippen LogP contribution < -0.4 is 0 Å². The number of halogens is 1. The van der Waals surface area contributed by atoms with Crippen LogP contribution in [0.2, 0.25) is 0 Å². The van der Waals surface area contributed by atoms with Crippen molar-refractivity contribution in [3.8, 4) is 0 Å². The molecule has 48 valence electrons. The van der Waals surface area contributed by atoms with E-state index in [4.69, 9.17) is 9.47 Å². The third-order valence-electron chi connectivity index (χ3n) is 1.02. The molecule has 0 aliphatic carbocycles. The number of hydrogen-bond donors (Lipinski definition) is 0. The molecule has 3 heteroatoms. The van der Waals surface area contributed by atoms with Crippen LogP contribution in [0.3, 0.4) is 0 Å². The predicted octanol–water partition coefficient (Wildman–Crippen LogP) is 0.717. The first-order valence-electron chi connectivity index (χ1n) is 2.66. The summed E-state index contributed by atoms with van der Waals surface area (Å²) in [5.74, 6) is 0. The molecule has 0 unspecified atom stereocenters. The van der Waals surface area contributed by atoms with Gasteiger partial charge < -0.3 is 9.47 Å². The van der Waals surface area contributed by atoms with Crippen molar-refractivity contribution < 1.29 is 13.9 Å². The Bertz CT molecular complexity index is 58.8. The first-order chi connectivity index (χ1) is 3.79. The van der Waals surface area contributed by atoms with E-state index in [1.165, 1.54) is 0 Å². The minimum atomic E-state index is -0.925. The van der Waals surface area contributed by atoms with Gasteiger partial charge in [0.25, 0.3) is 0 Å². The monoisotopic (exact) mass is 120 g/mol. The largest absolute Gasteiger partial charge is 0.350 e. The van der Waals surface area contributed by atoms with Crippen molar-refractivity contribution in [2.75, 3.05) is 13.2 Å². The Hall–Kier alpha value is -0.150. The molecule has 0 aromatic heterocycles. The van der Waals surface area contributed by atoms with Crippen molar-refractivity contribution in [1.29, 1.82) is 0 Å². The van der Waals surface area contributed by atoms with Gasteiger partial charge in [-0.25, -0.2) is 4.39 Å². The molecule has 0 N–H and O–H groups in total. The minimum absolute atomic E-state index is 0.182. The molecule has 8 heavy (non-hydrogen) atoms. The van der Waals surface area contributed by atoms with Crippen LogP contribution >= 0.6 is 0 Å². The van der Waals surface area contributed by atoms with Gasteiger partial charge >= 0.3 is 0 Å². The van der Waals surface area contributed by atoms with Gasteiger partial charge in [-0.1, -0.05) is 0 Å². The second-order valence-corrected chi connectivity index (χ2v) is 1.83. The Kier molecular flexibility index (Phi) is 1.81. The molecular weight excluding hydrogens is 111 g/mol. The van der Waals surface area contributed by atoms with Gasteiger partial charge in [-0.05, 0) is 6.92 Å². The molecule has 0 atom stereocenters. The van der Waals surface area contributed by atoms with Gasteiger partial charge in [-0.3, -0.25) is 0 Å². The topological polar surface area (TPSA) is 18.5 Å². The summed E-state index contributed by atoms with van der Waals surface area (Å²) in [6.45, 7) is 2.12. The second-order valence-electron chi connectivity index (χ2n) is 1.83. The third kappa shape index (κ3) is 1.42. The normalized spacial score (nSPS) is 39.8. The van der Waals surface area contributed by atoms with Gasteiger partial charge in [0.1, 0.15) is 6.17 Å². The molecule has 0 bridgehead atoms. The molecule has 1 fully saturated rings. The van der Waals surface area contributed by atoms with Crippen LogP contribution in [0.15, 0.2) is 0 Å². The lowest BCUT2D eigenvalue weighted by Gasteiger charge is -2.21. The van der Waals surface area contributed by atoms with E-state index in [1.54, 1.807) is 6.92 Å². The smallest absolute Gasteiger partial charge is 0.155 e. The molecule has 1 aliphatic heterocycles. The highest BCUT2D eigenvalue weighted by Crippen LogP contribution is 2.06. The molecule has 1 rings (SSSR count). The zero-order valence-electron chi connectivity index (χ0n) is 4.76. The van der Waals surface area contributed by atoms with Crippen LogP contribution in [-0.2, 0) is 9.47 Å². The summed E-state index contributed by atoms with van der Waals surface area (Å²) in [6, 6.07) is 0. The van der Waals surface area contributed by atoms with Crippen LogP contribution in [0.25, 0.3) is 0 Å². The fraction of sp³-hybridized carbons (Fsp3) is 1.00. The molecule has 2 nitrogen and oxygen atoms in total. The van der Waals surface area contributed by atoms with E-state index >= 15 is 0 Å².